The summed E-state index contributed by atoms with van der Waals surface area (Å²) in [5.41, 5.74) is 2.24. The number of benzene rings is 2. The fourth-order valence-corrected chi connectivity index (χ4v) is 5.37. The number of nitrogens with zero attached hydrogens (tertiary/aromatic N) is 1. The highest BCUT2D eigenvalue weighted by atomic mass is 32.3. The van der Waals surface area contributed by atoms with Crippen LogP contribution in [-0.4, -0.2) is 31.8 Å². The van der Waals surface area contributed by atoms with E-state index in [0.29, 0.717) is 18.9 Å². The molecule has 2 rings (SSSR count). The molecule has 0 aliphatic heterocycles. The maximum absolute atomic E-state index is 13.2. The van der Waals surface area contributed by atoms with Gasteiger partial charge in [0.15, 0.2) is 0 Å². The van der Waals surface area contributed by atoms with Gasteiger partial charge in [0.05, 0.1) is 17.6 Å². The number of aryl methyl sites for hydroxylation is 1. The molecule has 0 fully saturated rings. The Kier molecular flexibility index (Phi) is 7.69. The van der Waals surface area contributed by atoms with Gasteiger partial charge in [0.25, 0.3) is 10.0 Å². The molecule has 0 aliphatic rings. The van der Waals surface area contributed by atoms with Crippen LogP contribution in [-0.2, 0) is 21.2 Å². The van der Waals surface area contributed by atoms with Gasteiger partial charge in [-0.05, 0) is 59.7 Å². The Bertz CT molecular complexity index is 922. The number of rotatable bonds is 8. The second-order valence-corrected chi connectivity index (χ2v) is 9.79. The Morgan fingerprint density at radius 2 is 1.75 bits per heavy atom. The van der Waals surface area contributed by atoms with Crippen molar-refractivity contribution in [2.75, 3.05) is 13.7 Å². The fraction of sp³-hybridized carbons (Fsp3) is 0.381. The molecule has 0 amide bonds. The number of carbonyl (C=O) groups excluding carboxylic acids is 1. The minimum absolute atomic E-state index is 0.0817. The van der Waals surface area contributed by atoms with E-state index < -0.39 is 16.0 Å². The van der Waals surface area contributed by atoms with Crippen molar-refractivity contribution in [1.29, 1.82) is 0 Å². The van der Waals surface area contributed by atoms with Gasteiger partial charge in [0.2, 0.25) is 0 Å². The van der Waals surface area contributed by atoms with E-state index in [2.05, 4.69) is 13.8 Å². The maximum atomic E-state index is 13.2. The highest BCUT2D eigenvalue weighted by molar-refractivity contribution is 8.08. The monoisotopic (exact) mass is 421 g/mol. The second-order valence-electron chi connectivity index (χ2n) is 6.60. The number of carbonyl (C=O) groups is 1. The lowest BCUT2D eigenvalue weighted by molar-refractivity contribution is 0.0599. The Balaban J connectivity index is 2.36. The third-order valence-corrected chi connectivity index (χ3v) is 7.85. The Hall–Kier alpha value is -1.83. The lowest BCUT2D eigenvalue weighted by Gasteiger charge is -2.20. The van der Waals surface area contributed by atoms with Crippen LogP contribution >= 0.6 is 11.9 Å². The average Bonchev–Trinajstić information content (AvgIpc) is 2.70. The molecule has 5 nitrogen and oxygen atoms in total. The maximum Gasteiger partial charge on any atom is 0.338 e. The van der Waals surface area contributed by atoms with Crippen LogP contribution in [0.25, 0.3) is 0 Å². The van der Waals surface area contributed by atoms with Crippen molar-refractivity contribution in [1.82, 2.24) is 3.71 Å². The van der Waals surface area contributed by atoms with Crippen molar-refractivity contribution in [2.45, 2.75) is 49.8 Å². The quantitative estimate of drug-likeness (QED) is 0.449. The van der Waals surface area contributed by atoms with Crippen LogP contribution in [0.3, 0.4) is 0 Å². The summed E-state index contributed by atoms with van der Waals surface area (Å²) >= 11 is 1.17. The van der Waals surface area contributed by atoms with Gasteiger partial charge in [-0.15, -0.1) is 3.71 Å². The van der Waals surface area contributed by atoms with E-state index in [1.54, 1.807) is 19.1 Å². The molecule has 2 aromatic carbocycles. The molecule has 28 heavy (non-hydrogen) atoms. The predicted molar refractivity (Wildman–Crippen MR) is 113 cm³/mol. The van der Waals surface area contributed by atoms with Gasteiger partial charge in [0, 0.05) is 11.4 Å². The number of ether oxygens (including phenoxy) is 1. The van der Waals surface area contributed by atoms with Crippen molar-refractivity contribution in [3.05, 3.63) is 59.2 Å². The van der Waals surface area contributed by atoms with E-state index in [0.717, 1.165) is 10.5 Å². The average molecular weight is 422 g/mol. The number of hydrogen-bond acceptors (Lipinski definition) is 5. The molecular formula is C21H27NO4S2. The smallest absolute Gasteiger partial charge is 0.338 e. The molecule has 7 heteroatoms. The zero-order chi connectivity index (χ0) is 20.9. The molecule has 0 bridgehead atoms. The molecule has 152 valence electrons. The molecule has 0 aliphatic carbocycles. The van der Waals surface area contributed by atoms with Gasteiger partial charge >= 0.3 is 5.97 Å². The van der Waals surface area contributed by atoms with Crippen molar-refractivity contribution in [3.8, 4) is 0 Å². The van der Waals surface area contributed by atoms with Crippen LogP contribution in [0.1, 0.15) is 55.1 Å². The minimum Gasteiger partial charge on any atom is -0.465 e. The molecule has 0 atom stereocenters. The summed E-state index contributed by atoms with van der Waals surface area (Å²) in [6.45, 7) is 8.22. The molecule has 0 radical (unpaired) electrons. The van der Waals surface area contributed by atoms with Gasteiger partial charge in [-0.3, -0.25) is 0 Å². The normalized spacial score (nSPS) is 11.8. The number of hydrogen-bond donors (Lipinski definition) is 0. The Labute approximate surface area is 172 Å². The summed E-state index contributed by atoms with van der Waals surface area (Å²) in [6.07, 6.45) is 0.610. The summed E-state index contributed by atoms with van der Waals surface area (Å²) in [5.74, 6) is -0.118. The van der Waals surface area contributed by atoms with E-state index in [1.807, 2.05) is 31.2 Å². The van der Waals surface area contributed by atoms with Crippen LogP contribution in [0, 0.1) is 0 Å². The number of esters is 1. The van der Waals surface area contributed by atoms with Crippen molar-refractivity contribution < 1.29 is 17.9 Å². The molecule has 0 aromatic heterocycles. The SMILES string of the molecule is CCc1ccc(S(=O)(=O)N(CC)Sc2ccc(C(C)C)cc2)cc1C(=O)OC. The van der Waals surface area contributed by atoms with Crippen LogP contribution in [0.5, 0.6) is 0 Å². The highest BCUT2D eigenvalue weighted by Crippen LogP contribution is 2.31. The van der Waals surface area contributed by atoms with Crippen LogP contribution < -0.4 is 0 Å². The molecule has 0 saturated carbocycles. The third kappa shape index (κ3) is 4.96. The first-order valence-electron chi connectivity index (χ1n) is 9.26. The molecule has 0 saturated heterocycles. The zero-order valence-electron chi connectivity index (χ0n) is 16.9. The van der Waals surface area contributed by atoms with Crippen LogP contribution in [0.2, 0.25) is 0 Å². The molecule has 0 N–H and O–H groups in total. The van der Waals surface area contributed by atoms with E-state index in [-0.39, 0.29) is 10.5 Å². The van der Waals surface area contributed by atoms with Gasteiger partial charge < -0.3 is 4.74 Å². The first-order chi connectivity index (χ1) is 13.2. The summed E-state index contributed by atoms with van der Waals surface area (Å²) in [5, 5.41) is 0. The number of methoxy groups -OCH3 is 1. The summed E-state index contributed by atoms with van der Waals surface area (Å²) in [4.78, 5) is 13.0. The van der Waals surface area contributed by atoms with Gasteiger partial charge in [-0.25, -0.2) is 13.2 Å². The van der Waals surface area contributed by atoms with Crippen molar-refractivity contribution in [3.63, 3.8) is 0 Å². The largest absolute Gasteiger partial charge is 0.465 e. The molecule has 0 unspecified atom stereocenters. The Morgan fingerprint density at radius 3 is 2.25 bits per heavy atom. The van der Waals surface area contributed by atoms with Gasteiger partial charge in [-0.1, -0.05) is 45.9 Å². The number of sulfonamides is 1. The first kappa shape index (κ1) is 22.5. The summed E-state index contributed by atoms with van der Waals surface area (Å²) < 4.78 is 32.5. The van der Waals surface area contributed by atoms with E-state index in [9.17, 15) is 13.2 Å². The summed E-state index contributed by atoms with van der Waals surface area (Å²) in [7, 11) is -2.49. The zero-order valence-corrected chi connectivity index (χ0v) is 18.6. The molecule has 0 spiro atoms. The second kappa shape index (κ2) is 9.58. The standard InChI is InChI=1S/C21H27NO4S2/c1-6-16-10-13-19(14-20(16)21(23)26-5)28(24,25)22(7-2)27-18-11-8-17(9-12-18)15(3)4/h8-15H,6-7H2,1-5H3. The van der Waals surface area contributed by atoms with E-state index in [4.69, 9.17) is 4.74 Å². The minimum atomic E-state index is -3.78. The lowest BCUT2D eigenvalue weighted by atomic mass is 10.0. The van der Waals surface area contributed by atoms with Crippen molar-refractivity contribution in [2.24, 2.45) is 0 Å². The lowest BCUT2D eigenvalue weighted by Crippen LogP contribution is -2.25. The van der Waals surface area contributed by atoms with Crippen LogP contribution in [0.4, 0.5) is 0 Å². The first-order valence-corrected chi connectivity index (χ1v) is 11.5. The fourth-order valence-electron chi connectivity index (χ4n) is 2.76. The third-order valence-electron chi connectivity index (χ3n) is 4.45. The van der Waals surface area contributed by atoms with Crippen molar-refractivity contribution >= 4 is 27.9 Å². The van der Waals surface area contributed by atoms with Gasteiger partial charge in [0.1, 0.15) is 0 Å². The van der Waals surface area contributed by atoms with E-state index >= 15 is 0 Å². The highest BCUT2D eigenvalue weighted by Gasteiger charge is 2.26. The molecule has 0 heterocycles. The predicted octanol–water partition coefficient (Wildman–Crippen LogP) is 4.88. The van der Waals surface area contributed by atoms with E-state index in [1.165, 1.54) is 34.4 Å². The summed E-state index contributed by atoms with van der Waals surface area (Å²) in [6, 6.07) is 12.5. The van der Waals surface area contributed by atoms with Gasteiger partial charge in [-0.2, -0.15) is 0 Å². The molecule has 2 aromatic rings. The molecular weight excluding hydrogens is 394 g/mol. The van der Waals surface area contributed by atoms with Crippen LogP contribution in [0.15, 0.2) is 52.3 Å². The topological polar surface area (TPSA) is 63.7 Å². The Morgan fingerprint density at radius 1 is 1.11 bits per heavy atom.